The maximum atomic E-state index is 14.0. The summed E-state index contributed by atoms with van der Waals surface area (Å²) >= 11 is 1.40. The van der Waals surface area contributed by atoms with Crippen LogP contribution in [0.15, 0.2) is 102 Å². The third-order valence-electron chi connectivity index (χ3n) is 9.15. The minimum atomic E-state index is -0.608. The number of carbonyl (C=O) groups is 2. The van der Waals surface area contributed by atoms with Gasteiger partial charge in [0.25, 0.3) is 5.91 Å². The van der Waals surface area contributed by atoms with Gasteiger partial charge in [-0.2, -0.15) is 0 Å². The Kier molecular flexibility index (Phi) is 7.26. The average molecular weight is 600 g/mol. The van der Waals surface area contributed by atoms with E-state index in [0.29, 0.717) is 17.2 Å². The summed E-state index contributed by atoms with van der Waals surface area (Å²) in [6.07, 6.45) is 1.48. The van der Waals surface area contributed by atoms with Crippen molar-refractivity contribution >= 4 is 28.3 Å². The molecule has 2 N–H and O–H groups in total. The summed E-state index contributed by atoms with van der Waals surface area (Å²) in [5, 5.41) is 8.65. The van der Waals surface area contributed by atoms with Gasteiger partial charge in [0.05, 0.1) is 18.2 Å². The summed E-state index contributed by atoms with van der Waals surface area (Å²) < 4.78 is 5.21. The number of ether oxygens (including phenoxy) is 1. The molecule has 0 aliphatic heterocycles. The van der Waals surface area contributed by atoms with Crippen LogP contribution in [0.2, 0.25) is 0 Å². The van der Waals surface area contributed by atoms with Crippen molar-refractivity contribution in [2.45, 2.75) is 31.6 Å². The highest BCUT2D eigenvalue weighted by Gasteiger charge is 2.54. The summed E-state index contributed by atoms with van der Waals surface area (Å²) in [6.45, 7) is 2.62. The van der Waals surface area contributed by atoms with E-state index < -0.39 is 5.41 Å². The topological polar surface area (TPSA) is 80.3 Å². The van der Waals surface area contributed by atoms with E-state index >= 15 is 0 Å². The molecule has 1 heterocycles. The molecule has 0 fully saturated rings. The van der Waals surface area contributed by atoms with Gasteiger partial charge in [-0.25, -0.2) is 4.98 Å². The van der Waals surface area contributed by atoms with E-state index in [2.05, 4.69) is 66.1 Å². The lowest BCUT2D eigenvalue weighted by atomic mass is 9.52. The molecule has 2 bridgehead atoms. The minimum Gasteiger partial charge on any atom is -0.497 e. The SMILES string of the molecule is COc1ccc(CCNC(=O)c2cccc(-c3csc(NC(=O)C4(C)CC5c6ccccc6C4c4ccccc45)n3)c2)cc1. The third-order valence-corrected chi connectivity index (χ3v) is 9.91. The molecular weight excluding hydrogens is 566 g/mol. The van der Waals surface area contributed by atoms with Crippen molar-refractivity contribution in [3.8, 4) is 17.0 Å². The molecule has 44 heavy (non-hydrogen) atoms. The number of anilines is 1. The molecular formula is C37H33N3O3S. The maximum absolute atomic E-state index is 14.0. The van der Waals surface area contributed by atoms with Crippen molar-refractivity contribution in [1.82, 2.24) is 10.3 Å². The first kappa shape index (κ1) is 28.0. The van der Waals surface area contributed by atoms with Gasteiger partial charge in [0.1, 0.15) is 5.75 Å². The fourth-order valence-electron chi connectivity index (χ4n) is 6.93. The molecule has 0 spiro atoms. The van der Waals surface area contributed by atoms with Crippen LogP contribution in [0.4, 0.5) is 5.13 Å². The second kappa shape index (κ2) is 11.4. The Morgan fingerprint density at radius 1 is 0.909 bits per heavy atom. The van der Waals surface area contributed by atoms with Crippen LogP contribution in [-0.2, 0) is 11.2 Å². The molecule has 6 nitrogen and oxygen atoms in total. The highest BCUT2D eigenvalue weighted by Crippen LogP contribution is 2.61. The fourth-order valence-corrected chi connectivity index (χ4v) is 7.64. The van der Waals surface area contributed by atoms with Gasteiger partial charge >= 0.3 is 0 Å². The lowest BCUT2D eigenvalue weighted by molar-refractivity contribution is -0.126. The molecule has 4 aromatic carbocycles. The highest BCUT2D eigenvalue weighted by molar-refractivity contribution is 7.14. The normalized spacial score (nSPS) is 19.5. The fraction of sp³-hybridized carbons (Fsp3) is 0.216. The van der Waals surface area contributed by atoms with Gasteiger partial charge < -0.3 is 15.4 Å². The molecule has 3 aliphatic rings. The number of fused-ring (bicyclic) bond motifs is 1. The second-order valence-electron chi connectivity index (χ2n) is 11.8. The quantitative estimate of drug-likeness (QED) is 0.195. The number of hydrogen-bond acceptors (Lipinski definition) is 5. The van der Waals surface area contributed by atoms with Crippen LogP contribution in [0, 0.1) is 5.41 Å². The molecule has 1 atom stereocenters. The molecule has 5 aromatic rings. The molecule has 8 rings (SSSR count). The van der Waals surface area contributed by atoms with Crippen molar-refractivity contribution in [3.05, 3.63) is 136 Å². The molecule has 0 radical (unpaired) electrons. The smallest absolute Gasteiger partial charge is 0.251 e. The summed E-state index contributed by atoms with van der Waals surface area (Å²) in [5.74, 6) is 0.845. The highest BCUT2D eigenvalue weighted by atomic mass is 32.1. The van der Waals surface area contributed by atoms with Gasteiger partial charge in [0, 0.05) is 34.9 Å². The van der Waals surface area contributed by atoms with Crippen molar-refractivity contribution in [3.63, 3.8) is 0 Å². The number of carbonyl (C=O) groups excluding carboxylic acids is 2. The third kappa shape index (κ3) is 4.97. The van der Waals surface area contributed by atoms with E-state index in [-0.39, 0.29) is 23.7 Å². The van der Waals surface area contributed by atoms with E-state index in [1.165, 1.54) is 33.6 Å². The molecule has 0 saturated carbocycles. The molecule has 1 aromatic heterocycles. The Morgan fingerprint density at radius 2 is 1.59 bits per heavy atom. The number of thiazole rings is 1. The predicted molar refractivity (Wildman–Crippen MR) is 175 cm³/mol. The summed E-state index contributed by atoms with van der Waals surface area (Å²) in [5.41, 5.74) is 7.81. The summed E-state index contributed by atoms with van der Waals surface area (Å²) in [4.78, 5) is 31.7. The minimum absolute atomic E-state index is 0.0117. The van der Waals surface area contributed by atoms with Gasteiger partial charge in [0.2, 0.25) is 5.91 Å². The number of aromatic nitrogens is 1. The van der Waals surface area contributed by atoms with Crippen LogP contribution in [0.5, 0.6) is 5.75 Å². The molecule has 2 amide bonds. The number of nitrogens with zero attached hydrogens (tertiary/aromatic N) is 1. The van der Waals surface area contributed by atoms with Crippen molar-refractivity contribution in [1.29, 1.82) is 0 Å². The Balaban J connectivity index is 1.04. The largest absolute Gasteiger partial charge is 0.497 e. The number of benzene rings is 4. The lowest BCUT2D eigenvalue weighted by Crippen LogP contribution is -2.47. The molecule has 1 unspecified atom stereocenters. The summed E-state index contributed by atoms with van der Waals surface area (Å²) in [7, 11) is 1.64. The van der Waals surface area contributed by atoms with Gasteiger partial charge in [-0.3, -0.25) is 9.59 Å². The van der Waals surface area contributed by atoms with Crippen LogP contribution < -0.4 is 15.4 Å². The Bertz CT molecular complexity index is 1820. The van der Waals surface area contributed by atoms with Crippen LogP contribution in [0.25, 0.3) is 11.3 Å². The second-order valence-corrected chi connectivity index (χ2v) is 12.6. The maximum Gasteiger partial charge on any atom is 0.251 e. The Labute approximate surface area is 261 Å². The van der Waals surface area contributed by atoms with Crippen LogP contribution in [0.3, 0.4) is 0 Å². The van der Waals surface area contributed by atoms with Crippen LogP contribution in [0.1, 0.15) is 63.4 Å². The van der Waals surface area contributed by atoms with Crippen LogP contribution in [-0.4, -0.2) is 30.5 Å². The van der Waals surface area contributed by atoms with E-state index in [1.54, 1.807) is 13.2 Å². The van der Waals surface area contributed by atoms with E-state index in [9.17, 15) is 9.59 Å². The standard InChI is InChI=1S/C37H33N3O3S/c1-37(21-31-27-10-3-5-12-29(27)33(37)30-13-6-4-11-28(30)31)35(42)40-36-39-32(22-44-36)24-8-7-9-25(20-24)34(41)38-19-18-23-14-16-26(43-2)17-15-23/h3-17,20,22,31,33H,18-19,21H2,1-2H3,(H,38,41)(H,39,40,42). The average Bonchev–Trinajstić information content (AvgIpc) is 3.53. The Hall–Kier alpha value is -4.75. The first-order chi connectivity index (χ1) is 21.4. The molecule has 220 valence electrons. The van der Waals surface area contributed by atoms with Gasteiger partial charge in [-0.05, 0) is 71.8 Å². The van der Waals surface area contributed by atoms with E-state index in [4.69, 9.17) is 9.72 Å². The van der Waals surface area contributed by atoms with Gasteiger partial charge in [0.15, 0.2) is 5.13 Å². The van der Waals surface area contributed by atoms with Gasteiger partial charge in [-0.1, -0.05) is 72.8 Å². The number of rotatable bonds is 8. The number of amides is 2. The first-order valence-electron chi connectivity index (χ1n) is 14.9. The Morgan fingerprint density at radius 3 is 2.27 bits per heavy atom. The first-order valence-corrected chi connectivity index (χ1v) is 15.8. The zero-order valence-electron chi connectivity index (χ0n) is 24.7. The van der Waals surface area contributed by atoms with Crippen molar-refractivity contribution < 1.29 is 14.3 Å². The predicted octanol–water partition coefficient (Wildman–Crippen LogP) is 7.42. The number of methoxy groups -OCH3 is 1. The molecule has 0 saturated heterocycles. The molecule has 7 heteroatoms. The molecule has 3 aliphatic carbocycles. The lowest BCUT2D eigenvalue weighted by Gasteiger charge is -2.50. The van der Waals surface area contributed by atoms with E-state index in [1.807, 2.05) is 47.8 Å². The summed E-state index contributed by atoms with van der Waals surface area (Å²) in [6, 6.07) is 32.4. The van der Waals surface area contributed by atoms with Crippen molar-refractivity contribution in [2.75, 3.05) is 19.0 Å². The number of nitrogens with one attached hydrogen (secondary N) is 2. The van der Waals surface area contributed by atoms with E-state index in [0.717, 1.165) is 35.4 Å². The van der Waals surface area contributed by atoms with Gasteiger partial charge in [-0.15, -0.1) is 11.3 Å². The van der Waals surface area contributed by atoms with Crippen molar-refractivity contribution in [2.24, 2.45) is 5.41 Å². The zero-order valence-corrected chi connectivity index (χ0v) is 25.5. The zero-order chi connectivity index (χ0) is 30.3. The monoisotopic (exact) mass is 599 g/mol. The van der Waals surface area contributed by atoms with Crippen LogP contribution >= 0.6 is 11.3 Å². The number of hydrogen-bond donors (Lipinski definition) is 2.